The first-order chi connectivity index (χ1) is 14.2. The number of anilines is 1. The van der Waals surface area contributed by atoms with Crippen molar-refractivity contribution in [2.75, 3.05) is 11.8 Å². The maximum atomic E-state index is 13.1. The molecule has 0 bridgehead atoms. The van der Waals surface area contributed by atoms with Crippen LogP contribution in [0.25, 0.3) is 22.0 Å². The third kappa shape index (κ3) is 4.00. The Morgan fingerprint density at radius 3 is 2.62 bits per heavy atom. The molecule has 2 heterocycles. The fraction of sp³-hybridized carbons (Fsp3) is 0.0435. The van der Waals surface area contributed by atoms with Gasteiger partial charge in [0.15, 0.2) is 0 Å². The molecule has 6 heteroatoms. The number of halogens is 1. The molecular weight excluding hydrogens is 385 g/mol. The molecule has 4 nitrogen and oxygen atoms in total. The number of pyridine rings is 2. The molecule has 0 atom stereocenters. The predicted octanol–water partition coefficient (Wildman–Crippen LogP) is 5.55. The van der Waals surface area contributed by atoms with Gasteiger partial charge in [0.1, 0.15) is 11.5 Å². The number of nitrogens with one attached hydrogen (secondary N) is 1. The molecule has 0 radical (unpaired) electrons. The summed E-state index contributed by atoms with van der Waals surface area (Å²) in [5, 5.41) is 0.915. The number of terminal acetylenes is 1. The summed E-state index contributed by atoms with van der Waals surface area (Å²) in [6.45, 7) is 0. The van der Waals surface area contributed by atoms with Crippen LogP contribution in [0.5, 0.6) is 5.88 Å². The van der Waals surface area contributed by atoms with E-state index in [1.54, 1.807) is 31.6 Å². The van der Waals surface area contributed by atoms with Gasteiger partial charge in [-0.25, -0.2) is 9.37 Å². The second kappa shape index (κ2) is 8.21. The van der Waals surface area contributed by atoms with Crippen LogP contribution in [0.15, 0.2) is 71.9 Å². The molecule has 0 saturated heterocycles. The second-order valence-electron chi connectivity index (χ2n) is 6.17. The van der Waals surface area contributed by atoms with Gasteiger partial charge >= 0.3 is 0 Å². The fourth-order valence-corrected chi connectivity index (χ4v) is 3.56. The number of rotatable bonds is 5. The highest BCUT2D eigenvalue weighted by Gasteiger charge is 2.10. The highest BCUT2D eigenvalue weighted by molar-refractivity contribution is 8.00. The molecular formula is C23H16FN3OS. The van der Waals surface area contributed by atoms with Crippen LogP contribution in [0.2, 0.25) is 0 Å². The van der Waals surface area contributed by atoms with Gasteiger partial charge < -0.3 is 9.46 Å². The van der Waals surface area contributed by atoms with Crippen molar-refractivity contribution in [2.24, 2.45) is 0 Å². The SMILES string of the molecule is C#Cc1ccnc2ccc(-c3cnc(OC)c(NSc4ccc(F)cc4)c3)cc12. The number of ether oxygens (including phenoxy) is 1. The summed E-state index contributed by atoms with van der Waals surface area (Å²) in [7, 11) is 1.57. The first kappa shape index (κ1) is 18.8. The van der Waals surface area contributed by atoms with Gasteiger partial charge in [0.05, 0.1) is 12.6 Å². The molecule has 0 unspecified atom stereocenters. The fourth-order valence-electron chi connectivity index (χ4n) is 2.91. The molecule has 0 aliphatic rings. The molecule has 2 aromatic heterocycles. The van der Waals surface area contributed by atoms with E-state index in [2.05, 4.69) is 20.6 Å². The summed E-state index contributed by atoms with van der Waals surface area (Å²) in [5.74, 6) is 2.90. The highest BCUT2D eigenvalue weighted by atomic mass is 32.2. The Labute approximate surface area is 172 Å². The summed E-state index contributed by atoms with van der Waals surface area (Å²) in [4.78, 5) is 9.64. The molecule has 0 aliphatic carbocycles. The van der Waals surface area contributed by atoms with Crippen LogP contribution in [0.1, 0.15) is 5.56 Å². The largest absolute Gasteiger partial charge is 0.480 e. The lowest BCUT2D eigenvalue weighted by molar-refractivity contribution is 0.400. The molecule has 4 rings (SSSR count). The summed E-state index contributed by atoms with van der Waals surface area (Å²) in [5.41, 5.74) is 4.22. The third-order valence-electron chi connectivity index (χ3n) is 4.37. The topological polar surface area (TPSA) is 47.0 Å². The quantitative estimate of drug-likeness (QED) is 0.351. The molecule has 29 heavy (non-hydrogen) atoms. The number of methoxy groups -OCH3 is 1. The summed E-state index contributed by atoms with van der Waals surface area (Å²) < 4.78 is 21.7. The van der Waals surface area contributed by atoms with Crippen molar-refractivity contribution in [3.8, 4) is 29.4 Å². The molecule has 0 spiro atoms. The van der Waals surface area contributed by atoms with Gasteiger partial charge in [0.25, 0.3) is 0 Å². The summed E-state index contributed by atoms with van der Waals surface area (Å²) in [6, 6.07) is 16.0. The van der Waals surface area contributed by atoms with Crippen LogP contribution < -0.4 is 9.46 Å². The van der Waals surface area contributed by atoms with Gasteiger partial charge in [-0.1, -0.05) is 12.0 Å². The Morgan fingerprint density at radius 1 is 1.03 bits per heavy atom. The Morgan fingerprint density at radius 2 is 1.86 bits per heavy atom. The minimum atomic E-state index is -0.271. The number of nitrogens with zero attached hydrogens (tertiary/aromatic N) is 2. The lowest BCUT2D eigenvalue weighted by atomic mass is 10.0. The minimum absolute atomic E-state index is 0.271. The number of fused-ring (bicyclic) bond motifs is 1. The van der Waals surface area contributed by atoms with Gasteiger partial charge in [-0.2, -0.15) is 0 Å². The van der Waals surface area contributed by atoms with E-state index in [1.807, 2.05) is 30.3 Å². The van der Waals surface area contributed by atoms with Gasteiger partial charge in [0, 0.05) is 33.8 Å². The molecule has 1 N–H and O–H groups in total. The molecule has 0 fully saturated rings. The molecule has 4 aromatic rings. The van der Waals surface area contributed by atoms with Crippen molar-refractivity contribution in [3.05, 3.63) is 78.4 Å². The zero-order chi connectivity index (χ0) is 20.2. The lowest BCUT2D eigenvalue weighted by Gasteiger charge is -2.12. The molecule has 0 saturated carbocycles. The van der Waals surface area contributed by atoms with Crippen LogP contribution in [-0.4, -0.2) is 17.1 Å². The monoisotopic (exact) mass is 401 g/mol. The second-order valence-corrected chi connectivity index (χ2v) is 7.05. The van der Waals surface area contributed by atoms with E-state index in [1.165, 1.54) is 24.1 Å². The van der Waals surface area contributed by atoms with Crippen molar-refractivity contribution < 1.29 is 9.13 Å². The Balaban J connectivity index is 1.68. The van der Waals surface area contributed by atoms with Crippen LogP contribution in [0.3, 0.4) is 0 Å². The van der Waals surface area contributed by atoms with Crippen molar-refractivity contribution in [1.29, 1.82) is 0 Å². The average Bonchev–Trinajstić information content (AvgIpc) is 2.77. The first-order valence-corrected chi connectivity index (χ1v) is 9.58. The van der Waals surface area contributed by atoms with Crippen molar-refractivity contribution in [1.82, 2.24) is 9.97 Å². The van der Waals surface area contributed by atoms with Crippen molar-refractivity contribution in [2.45, 2.75) is 4.90 Å². The Kier molecular flexibility index (Phi) is 5.32. The van der Waals surface area contributed by atoms with E-state index in [4.69, 9.17) is 11.2 Å². The van der Waals surface area contributed by atoms with E-state index < -0.39 is 0 Å². The van der Waals surface area contributed by atoms with E-state index in [0.717, 1.165) is 32.5 Å². The van der Waals surface area contributed by atoms with Gasteiger partial charge in [-0.05, 0) is 66.0 Å². The van der Waals surface area contributed by atoms with E-state index in [-0.39, 0.29) is 5.82 Å². The Hall–Kier alpha value is -3.56. The van der Waals surface area contributed by atoms with Crippen molar-refractivity contribution >= 4 is 28.5 Å². The number of benzene rings is 2. The Bertz CT molecular complexity index is 1220. The smallest absolute Gasteiger partial charge is 0.237 e. The third-order valence-corrected chi connectivity index (χ3v) is 5.20. The van der Waals surface area contributed by atoms with Crippen LogP contribution in [0, 0.1) is 18.2 Å². The summed E-state index contributed by atoms with van der Waals surface area (Å²) >= 11 is 1.35. The summed E-state index contributed by atoms with van der Waals surface area (Å²) in [6.07, 6.45) is 9.09. The first-order valence-electron chi connectivity index (χ1n) is 8.76. The predicted molar refractivity (Wildman–Crippen MR) is 115 cm³/mol. The van der Waals surface area contributed by atoms with Crippen molar-refractivity contribution in [3.63, 3.8) is 0 Å². The molecule has 142 valence electrons. The standard InChI is InChI=1S/C23H16FN3OS/c1-3-15-10-11-25-21-9-4-16(12-20(15)21)17-13-22(23(28-2)26-14-17)27-29-19-7-5-18(24)6-8-19/h1,4-14,27H,2H3. The van der Waals surface area contributed by atoms with Gasteiger partial charge in [0.2, 0.25) is 5.88 Å². The number of aromatic nitrogens is 2. The van der Waals surface area contributed by atoms with Gasteiger partial charge in [-0.15, -0.1) is 6.42 Å². The molecule has 2 aromatic carbocycles. The van der Waals surface area contributed by atoms with Crippen LogP contribution in [-0.2, 0) is 0 Å². The van der Waals surface area contributed by atoms with Crippen LogP contribution >= 0.6 is 11.9 Å². The number of hydrogen-bond acceptors (Lipinski definition) is 5. The normalized spacial score (nSPS) is 10.5. The lowest BCUT2D eigenvalue weighted by Crippen LogP contribution is -1.96. The number of hydrogen-bond donors (Lipinski definition) is 1. The van der Waals surface area contributed by atoms with Crippen LogP contribution in [0.4, 0.5) is 10.1 Å². The molecule has 0 aliphatic heterocycles. The maximum absolute atomic E-state index is 13.1. The zero-order valence-corrected chi connectivity index (χ0v) is 16.3. The maximum Gasteiger partial charge on any atom is 0.237 e. The zero-order valence-electron chi connectivity index (χ0n) is 15.5. The minimum Gasteiger partial charge on any atom is -0.480 e. The highest BCUT2D eigenvalue weighted by Crippen LogP contribution is 2.33. The average molecular weight is 401 g/mol. The van der Waals surface area contributed by atoms with Gasteiger partial charge in [-0.3, -0.25) is 4.98 Å². The van der Waals surface area contributed by atoms with E-state index in [0.29, 0.717) is 11.6 Å². The van der Waals surface area contributed by atoms with E-state index in [9.17, 15) is 4.39 Å². The molecule has 0 amide bonds. The van der Waals surface area contributed by atoms with E-state index >= 15 is 0 Å².